The lowest BCUT2D eigenvalue weighted by Crippen LogP contribution is -2.41. The summed E-state index contributed by atoms with van der Waals surface area (Å²) in [6.07, 6.45) is 1.17. The van der Waals surface area contributed by atoms with E-state index in [1.807, 2.05) is 11.8 Å². The van der Waals surface area contributed by atoms with Crippen molar-refractivity contribution in [2.24, 2.45) is 5.41 Å². The van der Waals surface area contributed by atoms with E-state index in [-0.39, 0.29) is 11.2 Å². The third-order valence-corrected chi connectivity index (χ3v) is 5.43. The minimum absolute atomic E-state index is 0.225. The molecule has 0 saturated carbocycles. The number of rotatable bonds is 2. The van der Waals surface area contributed by atoms with Crippen molar-refractivity contribution in [1.82, 2.24) is 0 Å². The predicted molar refractivity (Wildman–Crippen MR) is 82.2 cm³/mol. The molecule has 1 N–H and O–H groups in total. The third kappa shape index (κ3) is 3.14. The van der Waals surface area contributed by atoms with E-state index in [0.29, 0.717) is 15.5 Å². The maximum Gasteiger partial charge on any atom is 0.125 e. The van der Waals surface area contributed by atoms with Gasteiger partial charge in [0.1, 0.15) is 5.82 Å². The average Bonchev–Trinajstić information content (AvgIpc) is 2.24. The molecule has 1 nitrogen and oxygen atoms in total. The van der Waals surface area contributed by atoms with Crippen LogP contribution in [0.4, 0.5) is 10.1 Å². The highest BCUT2D eigenvalue weighted by atomic mass is 79.9. The van der Waals surface area contributed by atoms with Gasteiger partial charge >= 0.3 is 0 Å². The van der Waals surface area contributed by atoms with Crippen molar-refractivity contribution in [3.8, 4) is 0 Å². The normalized spacial score (nSPS) is 22.8. The zero-order chi connectivity index (χ0) is 13.3. The molecule has 1 unspecified atom stereocenters. The number of thioether (sulfide) groups is 1. The van der Waals surface area contributed by atoms with Crippen LogP contribution in [0.15, 0.2) is 16.6 Å². The topological polar surface area (TPSA) is 12.0 Å². The van der Waals surface area contributed by atoms with Gasteiger partial charge in [-0.3, -0.25) is 0 Å². The summed E-state index contributed by atoms with van der Waals surface area (Å²) in [6, 6.07) is 3.13. The van der Waals surface area contributed by atoms with Gasteiger partial charge < -0.3 is 5.32 Å². The van der Waals surface area contributed by atoms with E-state index in [1.54, 1.807) is 0 Å². The Bertz CT molecular complexity index is 430. The minimum atomic E-state index is -0.324. The summed E-state index contributed by atoms with van der Waals surface area (Å²) in [5.74, 6) is 1.92. The summed E-state index contributed by atoms with van der Waals surface area (Å²) in [7, 11) is 0. The summed E-state index contributed by atoms with van der Waals surface area (Å²) in [6.45, 7) is 4.52. The molecule has 1 fully saturated rings. The summed E-state index contributed by atoms with van der Waals surface area (Å²) in [5, 5.41) is 3.89. The van der Waals surface area contributed by atoms with Crippen LogP contribution >= 0.6 is 39.3 Å². The molecule has 5 heteroatoms. The molecular weight excluding hydrogens is 337 g/mol. The first kappa shape index (κ1) is 14.5. The number of halogens is 3. The molecule has 0 radical (unpaired) electrons. The maximum atomic E-state index is 13.2. The van der Waals surface area contributed by atoms with Crippen LogP contribution in [0, 0.1) is 11.2 Å². The number of hydrogen-bond donors (Lipinski definition) is 1. The summed E-state index contributed by atoms with van der Waals surface area (Å²) < 4.78 is 13.9. The third-order valence-electron chi connectivity index (χ3n) is 3.44. The number of anilines is 1. The van der Waals surface area contributed by atoms with E-state index in [0.717, 1.165) is 11.4 Å². The fourth-order valence-electron chi connectivity index (χ4n) is 2.03. The standard InChI is InChI=1S/C13H16BrClFNS/c1-13(2)3-4-18-7-11(13)17-12-9(14)5-8(16)6-10(12)15/h5-6,11,17H,3-4,7H2,1-2H3. The van der Waals surface area contributed by atoms with Gasteiger partial charge in [0, 0.05) is 16.3 Å². The summed E-state index contributed by atoms with van der Waals surface area (Å²) in [4.78, 5) is 0. The number of benzene rings is 1. The van der Waals surface area contributed by atoms with Gasteiger partial charge in [-0.25, -0.2) is 4.39 Å². The van der Waals surface area contributed by atoms with Gasteiger partial charge in [-0.2, -0.15) is 11.8 Å². The number of hydrogen-bond acceptors (Lipinski definition) is 2. The SMILES string of the molecule is CC1(C)CCSCC1Nc1c(Cl)cc(F)cc1Br. The Balaban J connectivity index is 2.23. The lowest BCUT2D eigenvalue weighted by Gasteiger charge is -2.39. The van der Waals surface area contributed by atoms with Gasteiger partial charge in [0.2, 0.25) is 0 Å². The lowest BCUT2D eigenvalue weighted by atomic mass is 9.82. The molecule has 1 aromatic carbocycles. The van der Waals surface area contributed by atoms with Gasteiger partial charge in [0.05, 0.1) is 10.7 Å². The van der Waals surface area contributed by atoms with Crippen molar-refractivity contribution in [1.29, 1.82) is 0 Å². The van der Waals surface area contributed by atoms with Gasteiger partial charge in [-0.05, 0) is 45.7 Å². The highest BCUT2D eigenvalue weighted by molar-refractivity contribution is 9.10. The Labute approximate surface area is 125 Å². The Morgan fingerprint density at radius 1 is 1.50 bits per heavy atom. The van der Waals surface area contributed by atoms with E-state index >= 15 is 0 Å². The first-order chi connectivity index (χ1) is 8.40. The van der Waals surface area contributed by atoms with Crippen LogP contribution in [0.25, 0.3) is 0 Å². The van der Waals surface area contributed by atoms with E-state index in [2.05, 4.69) is 35.1 Å². The zero-order valence-electron chi connectivity index (χ0n) is 10.4. The van der Waals surface area contributed by atoms with Crippen LogP contribution in [0.2, 0.25) is 5.02 Å². The molecule has 1 aliphatic rings. The Hall–Kier alpha value is 0.0700. The molecule has 2 rings (SSSR count). The molecular formula is C13H16BrClFNS. The molecule has 0 bridgehead atoms. The summed E-state index contributed by atoms with van der Waals surface area (Å²) in [5.41, 5.74) is 1.02. The van der Waals surface area contributed by atoms with Crippen LogP contribution < -0.4 is 5.32 Å². The van der Waals surface area contributed by atoms with E-state index in [9.17, 15) is 4.39 Å². The van der Waals surface area contributed by atoms with Crippen LogP contribution in [0.5, 0.6) is 0 Å². The summed E-state index contributed by atoms with van der Waals surface area (Å²) >= 11 is 11.4. The second-order valence-electron chi connectivity index (χ2n) is 5.25. The van der Waals surface area contributed by atoms with Gasteiger partial charge in [-0.1, -0.05) is 25.4 Å². The van der Waals surface area contributed by atoms with Gasteiger partial charge in [0.25, 0.3) is 0 Å². The monoisotopic (exact) mass is 351 g/mol. The highest BCUT2D eigenvalue weighted by Crippen LogP contribution is 2.39. The smallest absolute Gasteiger partial charge is 0.125 e. The largest absolute Gasteiger partial charge is 0.379 e. The molecule has 1 heterocycles. The first-order valence-corrected chi connectivity index (χ1v) is 8.21. The van der Waals surface area contributed by atoms with E-state index in [4.69, 9.17) is 11.6 Å². The van der Waals surface area contributed by atoms with Crippen molar-refractivity contribution in [2.75, 3.05) is 16.8 Å². The molecule has 0 amide bonds. The fraction of sp³-hybridized carbons (Fsp3) is 0.538. The lowest BCUT2D eigenvalue weighted by molar-refractivity contribution is 0.305. The van der Waals surface area contributed by atoms with E-state index < -0.39 is 0 Å². The number of nitrogens with one attached hydrogen (secondary N) is 1. The molecule has 0 aliphatic carbocycles. The van der Waals surface area contributed by atoms with Crippen LogP contribution in [-0.2, 0) is 0 Å². The second-order valence-corrected chi connectivity index (χ2v) is 7.67. The fourth-order valence-corrected chi connectivity index (χ4v) is 4.56. The Morgan fingerprint density at radius 3 is 2.83 bits per heavy atom. The van der Waals surface area contributed by atoms with Crippen LogP contribution in [0.3, 0.4) is 0 Å². The Kier molecular flexibility index (Phi) is 4.50. The van der Waals surface area contributed by atoms with Crippen molar-refractivity contribution >= 4 is 45.0 Å². The zero-order valence-corrected chi connectivity index (χ0v) is 13.6. The van der Waals surface area contributed by atoms with Crippen LogP contribution in [-0.4, -0.2) is 17.5 Å². The van der Waals surface area contributed by atoms with Crippen molar-refractivity contribution in [3.63, 3.8) is 0 Å². The highest BCUT2D eigenvalue weighted by Gasteiger charge is 2.33. The van der Waals surface area contributed by atoms with E-state index in [1.165, 1.54) is 24.3 Å². The average molecular weight is 353 g/mol. The first-order valence-electron chi connectivity index (χ1n) is 5.89. The molecule has 1 aliphatic heterocycles. The molecule has 1 saturated heterocycles. The van der Waals surface area contributed by atoms with Crippen molar-refractivity contribution in [3.05, 3.63) is 27.4 Å². The Morgan fingerprint density at radius 2 is 2.22 bits per heavy atom. The molecule has 0 spiro atoms. The predicted octanol–water partition coefficient (Wildman–Crippen LogP) is 5.19. The van der Waals surface area contributed by atoms with Gasteiger partial charge in [0.15, 0.2) is 0 Å². The minimum Gasteiger partial charge on any atom is -0.379 e. The van der Waals surface area contributed by atoms with Crippen molar-refractivity contribution < 1.29 is 4.39 Å². The van der Waals surface area contributed by atoms with Gasteiger partial charge in [-0.15, -0.1) is 0 Å². The molecule has 100 valence electrons. The maximum absolute atomic E-state index is 13.2. The molecule has 1 atom stereocenters. The van der Waals surface area contributed by atoms with Crippen LogP contribution in [0.1, 0.15) is 20.3 Å². The molecule has 18 heavy (non-hydrogen) atoms. The quantitative estimate of drug-likeness (QED) is 0.786. The molecule has 0 aromatic heterocycles. The second kappa shape index (κ2) is 5.59. The molecule has 1 aromatic rings. The van der Waals surface area contributed by atoms with Crippen molar-refractivity contribution in [2.45, 2.75) is 26.3 Å².